The molecule has 0 bridgehead atoms. The average Bonchev–Trinajstić information content (AvgIpc) is 2.91. The Morgan fingerprint density at radius 2 is 1.76 bits per heavy atom. The Bertz CT molecular complexity index is 844. The second-order valence-electron chi connectivity index (χ2n) is 10.2. The van der Waals surface area contributed by atoms with Gasteiger partial charge in [-0.2, -0.15) is 0 Å². The quantitative estimate of drug-likeness (QED) is 0.613. The monoisotopic (exact) mass is 396 g/mol. The normalized spacial score (nSPS) is 27.1. The molecule has 1 saturated heterocycles. The van der Waals surface area contributed by atoms with Gasteiger partial charge in [-0.15, -0.1) is 0 Å². The third-order valence-corrected chi connectivity index (χ3v) is 7.28. The third kappa shape index (κ3) is 3.72. The number of urea groups is 1. The maximum atomic E-state index is 13.1. The Kier molecular flexibility index (Phi) is 5.04. The predicted molar refractivity (Wildman–Crippen MR) is 112 cm³/mol. The molecule has 0 atom stereocenters. The van der Waals surface area contributed by atoms with Crippen molar-refractivity contribution in [3.8, 4) is 0 Å². The molecule has 0 aromatic heterocycles. The highest BCUT2D eigenvalue weighted by Gasteiger charge is 2.53. The number of ketones is 1. The van der Waals surface area contributed by atoms with Gasteiger partial charge in [-0.25, -0.2) is 4.79 Å². The minimum atomic E-state index is -0.811. The lowest BCUT2D eigenvalue weighted by atomic mass is 9.67. The van der Waals surface area contributed by atoms with Crippen LogP contribution < -0.4 is 5.32 Å². The van der Waals surface area contributed by atoms with Crippen LogP contribution in [0.25, 0.3) is 0 Å². The van der Waals surface area contributed by atoms with Gasteiger partial charge >= 0.3 is 6.03 Å². The summed E-state index contributed by atoms with van der Waals surface area (Å²) in [6, 6.07) is 5.41. The van der Waals surface area contributed by atoms with Crippen molar-refractivity contribution in [2.75, 3.05) is 6.54 Å². The number of aryl methyl sites for hydroxylation is 2. The van der Waals surface area contributed by atoms with Gasteiger partial charge in [0.25, 0.3) is 5.91 Å². The zero-order valence-electron chi connectivity index (χ0n) is 17.8. The van der Waals surface area contributed by atoms with E-state index >= 15 is 0 Å². The molecule has 2 fully saturated rings. The lowest BCUT2D eigenvalue weighted by molar-refractivity contribution is -0.132. The predicted octanol–water partition coefficient (Wildman–Crippen LogP) is 4.28. The van der Waals surface area contributed by atoms with E-state index in [0.29, 0.717) is 24.3 Å². The van der Waals surface area contributed by atoms with Gasteiger partial charge in [0, 0.05) is 5.56 Å². The van der Waals surface area contributed by atoms with E-state index in [1.807, 2.05) is 18.2 Å². The molecule has 1 aromatic rings. The van der Waals surface area contributed by atoms with Gasteiger partial charge < -0.3 is 5.32 Å². The molecule has 5 heteroatoms. The summed E-state index contributed by atoms with van der Waals surface area (Å²) in [5, 5.41) is 2.93. The standard InChI is InChI=1S/C24H32N2O3/c1-23(2,3)19-10-12-24(13-11-19)21(28)26(22(29)25-24)15-20(27)18-9-8-16-6-4-5-7-17(16)14-18/h8-9,14,19H,4-7,10-13,15H2,1-3H3,(H,25,29). The molecule has 0 unspecified atom stereocenters. The van der Waals surface area contributed by atoms with Crippen molar-refractivity contribution >= 4 is 17.7 Å². The number of carbonyl (C=O) groups is 3. The fourth-order valence-corrected chi connectivity index (χ4v) is 5.28. The molecule has 4 rings (SSSR count). The van der Waals surface area contributed by atoms with Crippen LogP contribution in [0.4, 0.5) is 4.79 Å². The summed E-state index contributed by atoms with van der Waals surface area (Å²) < 4.78 is 0. The number of nitrogens with zero attached hydrogens (tertiary/aromatic N) is 1. The van der Waals surface area contributed by atoms with Crippen molar-refractivity contribution in [1.82, 2.24) is 10.2 Å². The number of nitrogens with one attached hydrogen (secondary N) is 1. The smallest absolute Gasteiger partial charge is 0.323 e. The first-order chi connectivity index (χ1) is 13.7. The van der Waals surface area contributed by atoms with Crippen LogP contribution in [0, 0.1) is 11.3 Å². The van der Waals surface area contributed by atoms with Crippen molar-refractivity contribution in [3.05, 3.63) is 34.9 Å². The van der Waals surface area contributed by atoms with Crippen molar-refractivity contribution < 1.29 is 14.4 Å². The van der Waals surface area contributed by atoms with E-state index in [9.17, 15) is 14.4 Å². The summed E-state index contributed by atoms with van der Waals surface area (Å²) in [5.74, 6) is 0.160. The SMILES string of the molecule is CC(C)(C)C1CCC2(CC1)NC(=O)N(CC(=O)c1ccc3c(c1)CCCC3)C2=O. The summed E-state index contributed by atoms with van der Waals surface area (Å²) in [7, 11) is 0. The van der Waals surface area contributed by atoms with Crippen LogP contribution in [0.15, 0.2) is 18.2 Å². The van der Waals surface area contributed by atoms with Gasteiger partial charge in [0.05, 0.1) is 6.54 Å². The van der Waals surface area contributed by atoms with E-state index in [-0.39, 0.29) is 23.7 Å². The van der Waals surface area contributed by atoms with E-state index in [0.717, 1.165) is 37.0 Å². The Balaban J connectivity index is 1.45. The number of fused-ring (bicyclic) bond motifs is 1. The molecule has 0 radical (unpaired) electrons. The first kappa shape index (κ1) is 20.1. The number of Topliss-reactive ketones (excluding diaryl/α,β-unsaturated/α-hetero) is 1. The summed E-state index contributed by atoms with van der Waals surface area (Å²) in [6.45, 7) is 6.52. The topological polar surface area (TPSA) is 66.5 Å². The van der Waals surface area contributed by atoms with Crippen LogP contribution in [0.2, 0.25) is 0 Å². The molecule has 1 aliphatic heterocycles. The largest absolute Gasteiger partial charge is 0.325 e. The number of hydrogen-bond donors (Lipinski definition) is 1. The average molecular weight is 397 g/mol. The molecular weight excluding hydrogens is 364 g/mol. The molecule has 1 aromatic carbocycles. The van der Waals surface area contributed by atoms with Gasteiger partial charge in [-0.1, -0.05) is 32.9 Å². The summed E-state index contributed by atoms with van der Waals surface area (Å²) >= 11 is 0. The number of imide groups is 1. The highest BCUT2D eigenvalue weighted by atomic mass is 16.2. The highest BCUT2D eigenvalue weighted by Crippen LogP contribution is 2.43. The summed E-state index contributed by atoms with van der Waals surface area (Å²) in [5.41, 5.74) is 2.54. The van der Waals surface area contributed by atoms with Crippen LogP contribution >= 0.6 is 0 Å². The van der Waals surface area contributed by atoms with Gasteiger partial charge in [-0.3, -0.25) is 14.5 Å². The number of benzene rings is 1. The van der Waals surface area contributed by atoms with Crippen LogP contribution in [0.5, 0.6) is 0 Å². The number of carbonyl (C=O) groups excluding carboxylic acids is 3. The lowest BCUT2D eigenvalue weighted by Crippen LogP contribution is -2.50. The first-order valence-electron chi connectivity index (χ1n) is 11.0. The molecule has 29 heavy (non-hydrogen) atoms. The Morgan fingerprint density at radius 1 is 1.10 bits per heavy atom. The number of hydrogen-bond acceptors (Lipinski definition) is 3. The van der Waals surface area contributed by atoms with Crippen molar-refractivity contribution in [2.45, 2.75) is 77.7 Å². The van der Waals surface area contributed by atoms with Gasteiger partial charge in [0.2, 0.25) is 0 Å². The Hall–Kier alpha value is -2.17. The maximum Gasteiger partial charge on any atom is 0.325 e. The fraction of sp³-hybridized carbons (Fsp3) is 0.625. The highest BCUT2D eigenvalue weighted by molar-refractivity contribution is 6.11. The van der Waals surface area contributed by atoms with Crippen molar-refractivity contribution in [1.29, 1.82) is 0 Å². The van der Waals surface area contributed by atoms with Crippen LogP contribution in [0.3, 0.4) is 0 Å². The molecule has 1 N–H and O–H groups in total. The molecule has 3 aliphatic rings. The zero-order valence-corrected chi connectivity index (χ0v) is 17.8. The summed E-state index contributed by atoms with van der Waals surface area (Å²) in [6.07, 6.45) is 7.56. The summed E-state index contributed by atoms with van der Waals surface area (Å²) in [4.78, 5) is 39.7. The van der Waals surface area contributed by atoms with E-state index < -0.39 is 11.6 Å². The van der Waals surface area contributed by atoms with Gasteiger partial charge in [-0.05, 0) is 79.9 Å². The van der Waals surface area contributed by atoms with Crippen LogP contribution in [-0.4, -0.2) is 34.7 Å². The Labute approximate surface area is 173 Å². The third-order valence-electron chi connectivity index (χ3n) is 7.28. The minimum Gasteiger partial charge on any atom is -0.323 e. The number of amides is 3. The van der Waals surface area contributed by atoms with Gasteiger partial charge in [0.1, 0.15) is 5.54 Å². The molecule has 156 valence electrons. The van der Waals surface area contributed by atoms with E-state index in [1.54, 1.807) is 0 Å². The molecule has 1 spiro atoms. The number of rotatable bonds is 3. The fourth-order valence-electron chi connectivity index (χ4n) is 5.28. The van der Waals surface area contributed by atoms with Crippen LogP contribution in [-0.2, 0) is 17.6 Å². The van der Waals surface area contributed by atoms with Crippen molar-refractivity contribution in [2.24, 2.45) is 11.3 Å². The van der Waals surface area contributed by atoms with Gasteiger partial charge in [0.15, 0.2) is 5.78 Å². The van der Waals surface area contributed by atoms with E-state index in [2.05, 4.69) is 26.1 Å². The molecule has 5 nitrogen and oxygen atoms in total. The second kappa shape index (κ2) is 7.26. The Morgan fingerprint density at radius 3 is 2.41 bits per heavy atom. The maximum absolute atomic E-state index is 13.1. The molecule has 3 amide bonds. The second-order valence-corrected chi connectivity index (χ2v) is 10.2. The van der Waals surface area contributed by atoms with E-state index in [4.69, 9.17) is 0 Å². The molecule has 1 heterocycles. The van der Waals surface area contributed by atoms with E-state index in [1.165, 1.54) is 17.5 Å². The van der Waals surface area contributed by atoms with Crippen molar-refractivity contribution in [3.63, 3.8) is 0 Å². The lowest BCUT2D eigenvalue weighted by Gasteiger charge is -2.40. The molecular formula is C24H32N2O3. The molecule has 2 aliphatic carbocycles. The first-order valence-corrected chi connectivity index (χ1v) is 11.0. The molecule has 1 saturated carbocycles. The zero-order chi connectivity index (χ0) is 20.8. The van der Waals surface area contributed by atoms with Crippen LogP contribution in [0.1, 0.15) is 80.8 Å². The minimum absolute atomic E-state index is 0.165.